The predicted molar refractivity (Wildman–Crippen MR) is 87.2 cm³/mol. The highest BCUT2D eigenvalue weighted by molar-refractivity contribution is 6.30. The van der Waals surface area contributed by atoms with E-state index >= 15 is 0 Å². The molecule has 0 aliphatic rings. The van der Waals surface area contributed by atoms with Gasteiger partial charge in [0.2, 0.25) is 12.3 Å². The summed E-state index contributed by atoms with van der Waals surface area (Å²) in [7, 11) is 0. The molecule has 0 unspecified atom stereocenters. The first-order valence-electron chi connectivity index (χ1n) is 7.11. The van der Waals surface area contributed by atoms with E-state index in [0.717, 1.165) is 17.5 Å². The molecule has 0 aliphatic carbocycles. The quantitative estimate of drug-likeness (QED) is 0.780. The minimum atomic E-state index is -0.115. The van der Waals surface area contributed by atoms with E-state index < -0.39 is 0 Å². The molecule has 6 heteroatoms. The van der Waals surface area contributed by atoms with Gasteiger partial charge in [-0.2, -0.15) is 0 Å². The predicted octanol–water partition coefficient (Wildman–Crippen LogP) is 3.36. The largest absolute Gasteiger partial charge is 0.423 e. The van der Waals surface area contributed by atoms with E-state index in [4.69, 9.17) is 16.0 Å². The van der Waals surface area contributed by atoms with Gasteiger partial charge in [0.1, 0.15) is 0 Å². The third-order valence-corrected chi connectivity index (χ3v) is 3.62. The molecule has 116 valence electrons. The van der Waals surface area contributed by atoms with Crippen molar-refractivity contribution in [3.8, 4) is 11.5 Å². The van der Waals surface area contributed by atoms with Crippen LogP contribution in [0.15, 0.2) is 59.3 Å². The SMILES string of the molecule is O=C(NCCc1ccc(Cl)cc1)c1ccc(-c2nnco2)cc1. The Bertz CT molecular complexity index is 769. The molecular weight excluding hydrogens is 314 g/mol. The van der Waals surface area contributed by atoms with Crippen LogP contribution in [-0.4, -0.2) is 22.6 Å². The molecule has 0 saturated carbocycles. The summed E-state index contributed by atoms with van der Waals surface area (Å²) in [6.07, 6.45) is 2.02. The summed E-state index contributed by atoms with van der Waals surface area (Å²) in [6, 6.07) is 14.6. The van der Waals surface area contributed by atoms with Crippen LogP contribution in [0.2, 0.25) is 5.02 Å². The molecule has 0 atom stereocenters. The highest BCUT2D eigenvalue weighted by Crippen LogP contribution is 2.16. The number of carbonyl (C=O) groups excluding carboxylic acids is 1. The van der Waals surface area contributed by atoms with Crippen LogP contribution in [-0.2, 0) is 6.42 Å². The van der Waals surface area contributed by atoms with Gasteiger partial charge in [-0.05, 0) is 48.4 Å². The van der Waals surface area contributed by atoms with E-state index in [9.17, 15) is 4.79 Å². The van der Waals surface area contributed by atoms with E-state index in [1.807, 2.05) is 24.3 Å². The Hall–Kier alpha value is -2.66. The normalized spacial score (nSPS) is 10.5. The Morgan fingerprint density at radius 1 is 1.09 bits per heavy atom. The second-order valence-corrected chi connectivity index (χ2v) is 5.39. The topological polar surface area (TPSA) is 68.0 Å². The van der Waals surface area contributed by atoms with E-state index in [1.54, 1.807) is 24.3 Å². The minimum Gasteiger partial charge on any atom is -0.423 e. The number of nitrogens with one attached hydrogen (secondary N) is 1. The average molecular weight is 328 g/mol. The molecule has 1 amide bonds. The number of aromatic nitrogens is 2. The standard InChI is InChI=1S/C17H14ClN3O2/c18-15-7-1-12(2-8-15)9-10-19-16(22)13-3-5-14(6-4-13)17-21-20-11-23-17/h1-8,11H,9-10H2,(H,19,22). The van der Waals surface area contributed by atoms with Crippen LogP contribution < -0.4 is 5.32 Å². The fourth-order valence-corrected chi connectivity index (χ4v) is 2.26. The van der Waals surface area contributed by atoms with Crippen LogP contribution in [0.3, 0.4) is 0 Å². The van der Waals surface area contributed by atoms with Gasteiger partial charge in [0.05, 0.1) is 0 Å². The molecule has 0 fully saturated rings. The van der Waals surface area contributed by atoms with Crippen molar-refractivity contribution in [3.05, 3.63) is 71.1 Å². The van der Waals surface area contributed by atoms with Crippen molar-refractivity contribution in [2.75, 3.05) is 6.54 Å². The highest BCUT2D eigenvalue weighted by atomic mass is 35.5. The molecule has 0 aliphatic heterocycles. The summed E-state index contributed by atoms with van der Waals surface area (Å²) in [4.78, 5) is 12.1. The van der Waals surface area contributed by atoms with Crippen molar-refractivity contribution in [2.45, 2.75) is 6.42 Å². The number of rotatable bonds is 5. The fourth-order valence-electron chi connectivity index (χ4n) is 2.14. The van der Waals surface area contributed by atoms with Crippen molar-refractivity contribution in [1.29, 1.82) is 0 Å². The fraction of sp³-hybridized carbons (Fsp3) is 0.118. The molecule has 2 aromatic carbocycles. The molecule has 1 aromatic heterocycles. The molecule has 3 aromatic rings. The summed E-state index contributed by atoms with van der Waals surface area (Å²) in [5.74, 6) is 0.315. The number of hydrogen-bond donors (Lipinski definition) is 1. The average Bonchev–Trinajstić information content (AvgIpc) is 3.11. The van der Waals surface area contributed by atoms with Gasteiger partial charge in [0, 0.05) is 22.7 Å². The Kier molecular flexibility index (Phi) is 4.68. The number of nitrogens with zero attached hydrogens (tertiary/aromatic N) is 2. The highest BCUT2D eigenvalue weighted by Gasteiger charge is 2.07. The summed E-state index contributed by atoms with van der Waals surface area (Å²) < 4.78 is 5.11. The lowest BCUT2D eigenvalue weighted by molar-refractivity contribution is 0.0954. The minimum absolute atomic E-state index is 0.115. The zero-order valence-electron chi connectivity index (χ0n) is 12.2. The number of amides is 1. The first-order chi connectivity index (χ1) is 11.2. The zero-order valence-corrected chi connectivity index (χ0v) is 13.0. The van der Waals surface area contributed by atoms with Crippen molar-refractivity contribution in [2.24, 2.45) is 0 Å². The number of halogens is 1. The van der Waals surface area contributed by atoms with E-state index in [1.165, 1.54) is 6.39 Å². The second kappa shape index (κ2) is 7.07. The third kappa shape index (κ3) is 3.96. The Balaban J connectivity index is 1.55. The van der Waals surface area contributed by atoms with Crippen molar-refractivity contribution in [1.82, 2.24) is 15.5 Å². The van der Waals surface area contributed by atoms with Gasteiger partial charge in [-0.3, -0.25) is 4.79 Å². The van der Waals surface area contributed by atoms with Gasteiger partial charge in [0.25, 0.3) is 5.91 Å². The van der Waals surface area contributed by atoms with Crippen molar-refractivity contribution < 1.29 is 9.21 Å². The Morgan fingerprint density at radius 3 is 2.48 bits per heavy atom. The molecule has 1 heterocycles. The van der Waals surface area contributed by atoms with Crippen LogP contribution in [0.1, 0.15) is 15.9 Å². The van der Waals surface area contributed by atoms with Gasteiger partial charge in [-0.15, -0.1) is 10.2 Å². The maximum Gasteiger partial charge on any atom is 0.251 e. The lowest BCUT2D eigenvalue weighted by Gasteiger charge is -2.06. The van der Waals surface area contributed by atoms with Gasteiger partial charge < -0.3 is 9.73 Å². The molecular formula is C17H14ClN3O2. The van der Waals surface area contributed by atoms with Crippen molar-refractivity contribution in [3.63, 3.8) is 0 Å². The molecule has 0 saturated heterocycles. The first kappa shape index (κ1) is 15.2. The molecule has 0 bridgehead atoms. The number of carbonyl (C=O) groups is 1. The van der Waals surface area contributed by atoms with Crippen molar-refractivity contribution >= 4 is 17.5 Å². The molecule has 5 nitrogen and oxygen atoms in total. The summed E-state index contributed by atoms with van der Waals surface area (Å²) in [5.41, 5.74) is 2.49. The second-order valence-electron chi connectivity index (χ2n) is 4.95. The Morgan fingerprint density at radius 2 is 1.83 bits per heavy atom. The smallest absolute Gasteiger partial charge is 0.251 e. The van der Waals surface area contributed by atoms with Crippen LogP contribution in [0, 0.1) is 0 Å². The monoisotopic (exact) mass is 327 g/mol. The van der Waals surface area contributed by atoms with Crippen LogP contribution >= 0.6 is 11.6 Å². The maximum atomic E-state index is 12.1. The lowest BCUT2D eigenvalue weighted by Crippen LogP contribution is -2.25. The Labute approximate surface area is 138 Å². The lowest BCUT2D eigenvalue weighted by atomic mass is 10.1. The molecule has 1 N–H and O–H groups in total. The van der Waals surface area contributed by atoms with Gasteiger partial charge in [0.15, 0.2) is 0 Å². The third-order valence-electron chi connectivity index (χ3n) is 3.37. The van der Waals surface area contributed by atoms with E-state index in [-0.39, 0.29) is 5.91 Å². The van der Waals surface area contributed by atoms with Gasteiger partial charge in [-0.25, -0.2) is 0 Å². The van der Waals surface area contributed by atoms with E-state index in [0.29, 0.717) is 23.0 Å². The van der Waals surface area contributed by atoms with Crippen LogP contribution in [0.5, 0.6) is 0 Å². The number of hydrogen-bond acceptors (Lipinski definition) is 4. The maximum absolute atomic E-state index is 12.1. The molecule has 23 heavy (non-hydrogen) atoms. The van der Waals surface area contributed by atoms with E-state index in [2.05, 4.69) is 15.5 Å². The summed E-state index contributed by atoms with van der Waals surface area (Å²) >= 11 is 5.84. The number of benzene rings is 2. The van der Waals surface area contributed by atoms with Gasteiger partial charge >= 0.3 is 0 Å². The molecule has 0 spiro atoms. The van der Waals surface area contributed by atoms with Crippen LogP contribution in [0.25, 0.3) is 11.5 Å². The van der Waals surface area contributed by atoms with Gasteiger partial charge in [-0.1, -0.05) is 23.7 Å². The van der Waals surface area contributed by atoms with Crippen LogP contribution in [0.4, 0.5) is 0 Å². The summed E-state index contributed by atoms with van der Waals surface area (Å²) in [5, 5.41) is 11.1. The molecule has 0 radical (unpaired) electrons. The zero-order chi connectivity index (χ0) is 16.1. The first-order valence-corrected chi connectivity index (χ1v) is 7.49. The summed E-state index contributed by atoms with van der Waals surface area (Å²) in [6.45, 7) is 0.561. The molecule has 3 rings (SSSR count).